The number of guanidine groups is 1. The molecule has 0 aliphatic heterocycles. The van der Waals surface area contributed by atoms with Crippen LogP contribution in [0.25, 0.3) is 0 Å². The molecule has 124 valence electrons. The molecule has 22 heavy (non-hydrogen) atoms. The predicted molar refractivity (Wildman–Crippen MR) is 94.2 cm³/mol. The van der Waals surface area contributed by atoms with Gasteiger partial charge in [-0.05, 0) is 31.7 Å². The van der Waals surface area contributed by atoms with Gasteiger partial charge in [-0.2, -0.15) is 0 Å². The van der Waals surface area contributed by atoms with Crippen LogP contribution in [0.3, 0.4) is 0 Å². The van der Waals surface area contributed by atoms with E-state index in [9.17, 15) is 0 Å². The normalized spacial score (nSPS) is 11.5. The van der Waals surface area contributed by atoms with E-state index in [2.05, 4.69) is 41.6 Å². The minimum Gasteiger partial charge on any atom is -0.377 e. The fourth-order valence-corrected chi connectivity index (χ4v) is 2.00. The number of hydrogen-bond acceptors (Lipinski definition) is 2. The topological polar surface area (TPSA) is 45.7 Å². The Kier molecular flexibility index (Phi) is 11.0. The maximum absolute atomic E-state index is 5.67. The molecule has 0 atom stereocenters. The van der Waals surface area contributed by atoms with Crippen molar-refractivity contribution in [3.63, 3.8) is 0 Å². The monoisotopic (exact) mass is 305 g/mol. The van der Waals surface area contributed by atoms with E-state index in [1.165, 1.54) is 18.4 Å². The molecule has 0 aliphatic carbocycles. The van der Waals surface area contributed by atoms with Crippen molar-refractivity contribution >= 4 is 5.96 Å². The van der Waals surface area contributed by atoms with Crippen molar-refractivity contribution in [3.8, 4) is 0 Å². The van der Waals surface area contributed by atoms with Crippen LogP contribution < -0.4 is 10.6 Å². The Morgan fingerprint density at radius 2 is 1.86 bits per heavy atom. The van der Waals surface area contributed by atoms with Gasteiger partial charge in [-0.25, -0.2) is 0 Å². The molecule has 0 amide bonds. The first-order valence-corrected chi connectivity index (χ1v) is 8.50. The summed E-state index contributed by atoms with van der Waals surface area (Å²) in [5, 5.41) is 6.63. The molecular weight excluding hydrogens is 274 g/mol. The second kappa shape index (κ2) is 13.1. The van der Waals surface area contributed by atoms with Gasteiger partial charge in [0.25, 0.3) is 0 Å². The number of benzene rings is 1. The van der Waals surface area contributed by atoms with Gasteiger partial charge in [0.05, 0.1) is 6.61 Å². The van der Waals surface area contributed by atoms with E-state index >= 15 is 0 Å². The Balaban J connectivity index is 2.07. The summed E-state index contributed by atoms with van der Waals surface area (Å²) >= 11 is 0. The van der Waals surface area contributed by atoms with Crippen LogP contribution in [-0.2, 0) is 11.3 Å². The number of ether oxygens (including phenoxy) is 1. The van der Waals surface area contributed by atoms with E-state index in [-0.39, 0.29) is 0 Å². The fourth-order valence-electron chi connectivity index (χ4n) is 2.00. The summed E-state index contributed by atoms with van der Waals surface area (Å²) in [5.74, 6) is 0.932. The number of hydrogen-bond donors (Lipinski definition) is 2. The van der Waals surface area contributed by atoms with Gasteiger partial charge in [-0.3, -0.25) is 4.99 Å². The van der Waals surface area contributed by atoms with Gasteiger partial charge in [0.1, 0.15) is 0 Å². The van der Waals surface area contributed by atoms with Gasteiger partial charge in [0.15, 0.2) is 5.96 Å². The zero-order valence-corrected chi connectivity index (χ0v) is 14.1. The third-order valence-corrected chi connectivity index (χ3v) is 3.25. The Morgan fingerprint density at radius 1 is 1.05 bits per heavy atom. The molecule has 1 rings (SSSR count). The lowest BCUT2D eigenvalue weighted by Crippen LogP contribution is -2.37. The molecule has 0 spiro atoms. The third kappa shape index (κ3) is 9.40. The highest BCUT2D eigenvalue weighted by Gasteiger charge is 1.96. The standard InChI is InChI=1S/C18H31N3O/c1-3-5-13-20-18(19-4-2)21-14-9-10-15-22-16-17-11-7-6-8-12-17/h6-8,11-12H,3-5,9-10,13-16H2,1-2H3,(H2,19,20,21). The lowest BCUT2D eigenvalue weighted by atomic mass is 10.2. The maximum Gasteiger partial charge on any atom is 0.191 e. The molecule has 1 aromatic rings. The average molecular weight is 305 g/mol. The minimum atomic E-state index is 0.700. The van der Waals surface area contributed by atoms with Gasteiger partial charge in [-0.15, -0.1) is 0 Å². The molecule has 0 aliphatic rings. The largest absolute Gasteiger partial charge is 0.377 e. The smallest absolute Gasteiger partial charge is 0.191 e. The van der Waals surface area contributed by atoms with Crippen molar-refractivity contribution in [1.82, 2.24) is 10.6 Å². The van der Waals surface area contributed by atoms with E-state index < -0.39 is 0 Å². The molecule has 0 aromatic heterocycles. The minimum absolute atomic E-state index is 0.700. The van der Waals surface area contributed by atoms with Crippen molar-refractivity contribution < 1.29 is 4.74 Å². The van der Waals surface area contributed by atoms with Crippen molar-refractivity contribution in [3.05, 3.63) is 35.9 Å². The highest BCUT2D eigenvalue weighted by molar-refractivity contribution is 5.79. The molecule has 2 N–H and O–H groups in total. The summed E-state index contributed by atoms with van der Waals surface area (Å²) in [7, 11) is 0. The maximum atomic E-state index is 5.67. The van der Waals surface area contributed by atoms with Crippen LogP contribution in [0, 0.1) is 0 Å². The molecule has 0 fully saturated rings. The SMILES string of the molecule is CCCCNC(=NCCCCOCc1ccccc1)NCC. The number of nitrogens with zero attached hydrogens (tertiary/aromatic N) is 1. The summed E-state index contributed by atoms with van der Waals surface area (Å²) in [6.45, 7) is 8.52. The van der Waals surface area contributed by atoms with E-state index in [1.807, 2.05) is 18.2 Å². The summed E-state index contributed by atoms with van der Waals surface area (Å²) in [4.78, 5) is 4.58. The zero-order valence-electron chi connectivity index (χ0n) is 14.1. The zero-order chi connectivity index (χ0) is 15.9. The average Bonchev–Trinajstić information content (AvgIpc) is 2.55. The highest BCUT2D eigenvalue weighted by Crippen LogP contribution is 2.01. The molecule has 4 nitrogen and oxygen atoms in total. The molecule has 0 saturated heterocycles. The van der Waals surface area contributed by atoms with Crippen LogP contribution in [0.5, 0.6) is 0 Å². The van der Waals surface area contributed by atoms with Gasteiger partial charge in [-0.1, -0.05) is 43.7 Å². The number of aliphatic imine (C=N–C) groups is 1. The Labute approximate surface area is 135 Å². The first-order valence-electron chi connectivity index (χ1n) is 8.50. The molecular formula is C18H31N3O. The van der Waals surface area contributed by atoms with E-state index in [1.54, 1.807) is 0 Å². The van der Waals surface area contributed by atoms with Crippen molar-refractivity contribution in [2.24, 2.45) is 4.99 Å². The Bertz CT molecular complexity index is 393. The van der Waals surface area contributed by atoms with E-state index in [0.29, 0.717) is 6.61 Å². The van der Waals surface area contributed by atoms with Crippen molar-refractivity contribution in [1.29, 1.82) is 0 Å². The van der Waals surface area contributed by atoms with Gasteiger partial charge >= 0.3 is 0 Å². The molecule has 0 saturated carbocycles. The van der Waals surface area contributed by atoms with E-state index in [0.717, 1.165) is 45.0 Å². The molecule has 0 radical (unpaired) electrons. The van der Waals surface area contributed by atoms with Crippen LogP contribution in [0.4, 0.5) is 0 Å². The Hall–Kier alpha value is -1.55. The van der Waals surface area contributed by atoms with E-state index in [4.69, 9.17) is 4.74 Å². The molecule has 0 bridgehead atoms. The van der Waals surface area contributed by atoms with Crippen LogP contribution in [0.15, 0.2) is 35.3 Å². The molecule has 0 heterocycles. The summed E-state index contributed by atoms with van der Waals surface area (Å²) in [6.07, 6.45) is 4.48. The summed E-state index contributed by atoms with van der Waals surface area (Å²) < 4.78 is 5.67. The number of rotatable bonds is 11. The first kappa shape index (κ1) is 18.5. The van der Waals surface area contributed by atoms with Crippen LogP contribution in [0.2, 0.25) is 0 Å². The summed E-state index contributed by atoms with van der Waals surface area (Å²) in [6, 6.07) is 10.3. The number of unbranched alkanes of at least 4 members (excludes halogenated alkanes) is 2. The second-order valence-corrected chi connectivity index (χ2v) is 5.29. The third-order valence-electron chi connectivity index (χ3n) is 3.25. The molecule has 0 unspecified atom stereocenters. The Morgan fingerprint density at radius 3 is 2.59 bits per heavy atom. The fraction of sp³-hybridized carbons (Fsp3) is 0.611. The van der Waals surface area contributed by atoms with Gasteiger partial charge in [0.2, 0.25) is 0 Å². The van der Waals surface area contributed by atoms with Crippen LogP contribution >= 0.6 is 0 Å². The summed E-state index contributed by atoms with van der Waals surface area (Å²) in [5.41, 5.74) is 1.23. The van der Waals surface area contributed by atoms with Crippen LogP contribution in [0.1, 0.15) is 45.1 Å². The molecule has 1 aromatic carbocycles. The highest BCUT2D eigenvalue weighted by atomic mass is 16.5. The number of nitrogens with one attached hydrogen (secondary N) is 2. The molecule has 4 heteroatoms. The lowest BCUT2D eigenvalue weighted by molar-refractivity contribution is 0.117. The van der Waals surface area contributed by atoms with Gasteiger partial charge < -0.3 is 15.4 Å². The van der Waals surface area contributed by atoms with Crippen molar-refractivity contribution in [2.45, 2.75) is 46.1 Å². The van der Waals surface area contributed by atoms with Gasteiger partial charge in [0, 0.05) is 26.2 Å². The first-order chi connectivity index (χ1) is 10.9. The predicted octanol–water partition coefficient (Wildman–Crippen LogP) is 3.34. The lowest BCUT2D eigenvalue weighted by Gasteiger charge is -2.10. The van der Waals surface area contributed by atoms with Crippen molar-refractivity contribution in [2.75, 3.05) is 26.2 Å². The quantitative estimate of drug-likeness (QED) is 0.374. The van der Waals surface area contributed by atoms with Crippen LogP contribution in [-0.4, -0.2) is 32.2 Å². The second-order valence-electron chi connectivity index (χ2n) is 5.29.